The number of unbranched alkanes of at least 4 members (excludes halogenated alkanes) is 1. The molecule has 1 aromatic carbocycles. The van der Waals surface area contributed by atoms with Crippen molar-refractivity contribution < 1.29 is 29.4 Å². The standard InChI is InChI=1S/C17H23N3O6/c21-14(10-19-16(24)12-6-2-1-3-7-12)20-13(17(25)26)8-4-5-9-18-11-15(22)23/h1-3,6-7,13,18H,4-5,8-11H2,(H,19,24)(H,20,21)(H,22,23)(H,25,26). The van der Waals surface area contributed by atoms with Crippen LogP contribution in [0.1, 0.15) is 29.6 Å². The highest BCUT2D eigenvalue weighted by molar-refractivity contribution is 5.96. The predicted molar refractivity (Wildman–Crippen MR) is 92.7 cm³/mol. The number of benzene rings is 1. The zero-order valence-corrected chi connectivity index (χ0v) is 14.2. The van der Waals surface area contributed by atoms with Crippen molar-refractivity contribution in [3.63, 3.8) is 0 Å². The maximum Gasteiger partial charge on any atom is 0.326 e. The fourth-order valence-electron chi connectivity index (χ4n) is 2.15. The number of amides is 2. The summed E-state index contributed by atoms with van der Waals surface area (Å²) in [5, 5.41) is 25.1. The van der Waals surface area contributed by atoms with Gasteiger partial charge in [0, 0.05) is 5.56 Å². The van der Waals surface area contributed by atoms with Crippen molar-refractivity contribution in [2.45, 2.75) is 25.3 Å². The maximum atomic E-state index is 11.8. The van der Waals surface area contributed by atoms with Gasteiger partial charge < -0.3 is 26.2 Å². The van der Waals surface area contributed by atoms with E-state index < -0.39 is 29.8 Å². The summed E-state index contributed by atoms with van der Waals surface area (Å²) in [6.45, 7) is -0.0302. The summed E-state index contributed by atoms with van der Waals surface area (Å²) in [6, 6.07) is 7.30. The van der Waals surface area contributed by atoms with Gasteiger partial charge in [-0.05, 0) is 37.9 Å². The van der Waals surface area contributed by atoms with Crippen LogP contribution < -0.4 is 16.0 Å². The van der Waals surface area contributed by atoms with Crippen LogP contribution in [0.15, 0.2) is 30.3 Å². The molecule has 0 spiro atoms. The van der Waals surface area contributed by atoms with Crippen molar-refractivity contribution in [2.75, 3.05) is 19.6 Å². The van der Waals surface area contributed by atoms with Crippen molar-refractivity contribution in [1.82, 2.24) is 16.0 Å². The number of hydrogen-bond donors (Lipinski definition) is 5. The molecule has 1 rings (SSSR count). The van der Waals surface area contributed by atoms with Gasteiger partial charge in [0.25, 0.3) is 5.91 Å². The van der Waals surface area contributed by atoms with E-state index in [1.807, 2.05) is 0 Å². The number of carbonyl (C=O) groups excluding carboxylic acids is 2. The number of carboxylic acids is 2. The van der Waals surface area contributed by atoms with Gasteiger partial charge in [-0.3, -0.25) is 14.4 Å². The summed E-state index contributed by atoms with van der Waals surface area (Å²) in [6.07, 6.45) is 1.29. The molecule has 0 aromatic heterocycles. The molecule has 0 saturated heterocycles. The van der Waals surface area contributed by atoms with Crippen LogP contribution in [0.3, 0.4) is 0 Å². The second-order valence-electron chi connectivity index (χ2n) is 5.57. The SMILES string of the molecule is O=C(O)CNCCCCC(NC(=O)CNC(=O)c1ccccc1)C(=O)O. The Kier molecular flexibility index (Phi) is 9.40. The quantitative estimate of drug-likeness (QED) is 0.323. The van der Waals surface area contributed by atoms with Gasteiger partial charge in [0.2, 0.25) is 5.91 Å². The molecule has 26 heavy (non-hydrogen) atoms. The third-order valence-corrected chi connectivity index (χ3v) is 3.45. The number of carbonyl (C=O) groups is 4. The van der Waals surface area contributed by atoms with Crippen LogP contribution in [-0.2, 0) is 14.4 Å². The smallest absolute Gasteiger partial charge is 0.326 e. The van der Waals surface area contributed by atoms with Crippen molar-refractivity contribution in [1.29, 1.82) is 0 Å². The fraction of sp³-hybridized carbons (Fsp3) is 0.412. The number of rotatable bonds is 12. The summed E-state index contributed by atoms with van der Waals surface area (Å²) >= 11 is 0. The summed E-state index contributed by atoms with van der Waals surface area (Å²) in [5.74, 6) is -3.13. The molecular weight excluding hydrogens is 342 g/mol. The first-order valence-electron chi connectivity index (χ1n) is 8.18. The molecule has 0 aliphatic carbocycles. The van der Waals surface area contributed by atoms with E-state index in [-0.39, 0.29) is 19.5 Å². The summed E-state index contributed by atoms with van der Waals surface area (Å²) in [7, 11) is 0. The Balaban J connectivity index is 2.30. The Labute approximate surface area is 150 Å². The number of hydrogen-bond acceptors (Lipinski definition) is 5. The summed E-state index contributed by atoms with van der Waals surface area (Å²) in [5.41, 5.74) is 0.406. The molecular formula is C17H23N3O6. The molecule has 0 heterocycles. The lowest BCUT2D eigenvalue weighted by molar-refractivity contribution is -0.141. The van der Waals surface area contributed by atoms with Crippen molar-refractivity contribution >= 4 is 23.8 Å². The van der Waals surface area contributed by atoms with Crippen LogP contribution >= 0.6 is 0 Å². The van der Waals surface area contributed by atoms with E-state index in [1.54, 1.807) is 30.3 Å². The Morgan fingerprint density at radius 2 is 1.65 bits per heavy atom. The molecule has 142 valence electrons. The molecule has 0 fully saturated rings. The molecule has 2 amide bonds. The third-order valence-electron chi connectivity index (χ3n) is 3.45. The summed E-state index contributed by atoms with van der Waals surface area (Å²) < 4.78 is 0. The molecule has 9 nitrogen and oxygen atoms in total. The van der Waals surface area contributed by atoms with Gasteiger partial charge >= 0.3 is 11.9 Å². The first kappa shape index (κ1) is 21.1. The minimum Gasteiger partial charge on any atom is -0.480 e. The highest BCUT2D eigenvalue weighted by Crippen LogP contribution is 2.01. The minimum absolute atomic E-state index is 0.153. The molecule has 1 unspecified atom stereocenters. The topological polar surface area (TPSA) is 145 Å². The van der Waals surface area contributed by atoms with Gasteiger partial charge in [-0.1, -0.05) is 18.2 Å². The first-order valence-corrected chi connectivity index (χ1v) is 8.18. The van der Waals surface area contributed by atoms with Gasteiger partial charge in [-0.15, -0.1) is 0 Å². The van der Waals surface area contributed by atoms with E-state index in [0.29, 0.717) is 24.9 Å². The van der Waals surface area contributed by atoms with Gasteiger partial charge in [0.15, 0.2) is 0 Å². The lowest BCUT2D eigenvalue weighted by Crippen LogP contribution is -2.45. The largest absolute Gasteiger partial charge is 0.480 e. The second kappa shape index (κ2) is 11.6. The normalized spacial score (nSPS) is 11.4. The van der Waals surface area contributed by atoms with E-state index in [9.17, 15) is 19.2 Å². The highest BCUT2D eigenvalue weighted by atomic mass is 16.4. The minimum atomic E-state index is -1.16. The van der Waals surface area contributed by atoms with Crippen LogP contribution in [0.25, 0.3) is 0 Å². The Morgan fingerprint density at radius 1 is 0.962 bits per heavy atom. The molecule has 0 aliphatic heterocycles. The molecule has 0 radical (unpaired) electrons. The third kappa shape index (κ3) is 8.78. The number of nitrogens with one attached hydrogen (secondary N) is 3. The maximum absolute atomic E-state index is 11.8. The molecule has 0 aliphatic rings. The van der Waals surface area contributed by atoms with Gasteiger partial charge in [-0.2, -0.15) is 0 Å². The Morgan fingerprint density at radius 3 is 2.27 bits per heavy atom. The van der Waals surface area contributed by atoms with Crippen LogP contribution in [-0.4, -0.2) is 59.6 Å². The van der Waals surface area contributed by atoms with Crippen LogP contribution in [0.5, 0.6) is 0 Å². The average Bonchev–Trinajstić information content (AvgIpc) is 2.61. The van der Waals surface area contributed by atoms with Crippen LogP contribution in [0, 0.1) is 0 Å². The van der Waals surface area contributed by atoms with Crippen molar-refractivity contribution in [3.05, 3.63) is 35.9 Å². The van der Waals surface area contributed by atoms with Gasteiger partial charge in [-0.25, -0.2) is 4.79 Å². The average molecular weight is 365 g/mol. The summed E-state index contributed by atoms with van der Waals surface area (Å²) in [4.78, 5) is 45.2. The zero-order valence-electron chi connectivity index (χ0n) is 14.2. The lowest BCUT2D eigenvalue weighted by atomic mass is 10.1. The van der Waals surface area contributed by atoms with Crippen molar-refractivity contribution in [2.24, 2.45) is 0 Å². The number of aliphatic carboxylic acids is 2. The molecule has 1 aromatic rings. The van der Waals surface area contributed by atoms with E-state index >= 15 is 0 Å². The lowest BCUT2D eigenvalue weighted by Gasteiger charge is -2.15. The molecule has 0 bridgehead atoms. The van der Waals surface area contributed by atoms with Crippen LogP contribution in [0.4, 0.5) is 0 Å². The molecule has 0 saturated carbocycles. The second-order valence-corrected chi connectivity index (χ2v) is 5.57. The zero-order chi connectivity index (χ0) is 19.4. The van der Waals surface area contributed by atoms with E-state index in [0.717, 1.165) is 0 Å². The predicted octanol–water partition coefficient (Wildman–Crippen LogP) is -0.170. The number of carboxylic acid groups (broad SMARTS) is 2. The van der Waals surface area contributed by atoms with Gasteiger partial charge in [0.1, 0.15) is 6.04 Å². The Bertz CT molecular complexity index is 620. The van der Waals surface area contributed by atoms with E-state index in [4.69, 9.17) is 10.2 Å². The van der Waals surface area contributed by atoms with Crippen molar-refractivity contribution in [3.8, 4) is 0 Å². The van der Waals surface area contributed by atoms with Crippen LogP contribution in [0.2, 0.25) is 0 Å². The molecule has 1 atom stereocenters. The fourth-order valence-corrected chi connectivity index (χ4v) is 2.15. The molecule has 9 heteroatoms. The molecule has 5 N–H and O–H groups in total. The Hall–Kier alpha value is -2.94. The van der Waals surface area contributed by atoms with E-state index in [2.05, 4.69) is 16.0 Å². The first-order chi connectivity index (χ1) is 12.4. The van der Waals surface area contributed by atoms with Gasteiger partial charge in [0.05, 0.1) is 13.1 Å². The monoisotopic (exact) mass is 365 g/mol. The highest BCUT2D eigenvalue weighted by Gasteiger charge is 2.19. The van der Waals surface area contributed by atoms with E-state index in [1.165, 1.54) is 0 Å².